The molecule has 4 nitrogen and oxygen atoms in total. The molecule has 1 heterocycles. The fourth-order valence-corrected chi connectivity index (χ4v) is 4.64. The summed E-state index contributed by atoms with van der Waals surface area (Å²) in [5, 5.41) is 0. The Morgan fingerprint density at radius 3 is 2.29 bits per heavy atom. The molecule has 0 radical (unpaired) electrons. The van der Waals surface area contributed by atoms with Crippen molar-refractivity contribution in [3.8, 4) is 22.9 Å². The fraction of sp³-hybridized carbons (Fsp3) is 0.600. The lowest BCUT2D eigenvalue weighted by Crippen LogP contribution is -1.98. The molecule has 0 unspecified atom stereocenters. The Morgan fingerprint density at radius 2 is 1.53 bits per heavy atom. The third-order valence-electron chi connectivity index (χ3n) is 6.73. The van der Waals surface area contributed by atoms with Crippen LogP contribution in [0, 0.1) is 5.92 Å². The van der Waals surface area contributed by atoms with Crippen LogP contribution in [-0.4, -0.2) is 23.2 Å². The Bertz CT molecular complexity index is 796. The van der Waals surface area contributed by atoms with Gasteiger partial charge in [-0.05, 0) is 49.4 Å². The van der Waals surface area contributed by atoms with Gasteiger partial charge in [0.15, 0.2) is 11.6 Å². The van der Waals surface area contributed by atoms with Crippen LogP contribution >= 0.6 is 0 Å². The van der Waals surface area contributed by atoms with E-state index in [9.17, 15) is 0 Å². The van der Waals surface area contributed by atoms with Gasteiger partial charge in [0.05, 0.1) is 19.0 Å². The molecule has 1 aromatic heterocycles. The van der Waals surface area contributed by atoms with Gasteiger partial charge in [-0.3, -0.25) is 0 Å². The molecule has 4 heteroatoms. The molecule has 0 aliphatic heterocycles. The second-order valence-corrected chi connectivity index (χ2v) is 9.60. The molecular weight excluding hydrogens is 420 g/mol. The molecular formula is C30H44N2O2. The lowest BCUT2D eigenvalue weighted by atomic mass is 9.99. The van der Waals surface area contributed by atoms with E-state index < -0.39 is 0 Å². The standard InChI is InChI=1S/C30H44N2O2/c1-2-3-4-5-8-14-23-34-29-24-31-30(32-25-29)27-18-20-28(21-19-27)33-22-13-9-6-7-10-15-26-16-11-12-17-26/h8,14,18-21,24-26H,2-7,9-13,15-17,22-23H2,1H3/b14-8+. The van der Waals surface area contributed by atoms with Crippen molar-refractivity contribution in [3.63, 3.8) is 0 Å². The minimum atomic E-state index is 0.557. The van der Waals surface area contributed by atoms with Gasteiger partial charge in [0, 0.05) is 5.56 Å². The molecule has 0 spiro atoms. The molecule has 1 aliphatic rings. The van der Waals surface area contributed by atoms with Crippen molar-refractivity contribution in [3.05, 3.63) is 48.8 Å². The van der Waals surface area contributed by atoms with Crippen molar-refractivity contribution < 1.29 is 9.47 Å². The van der Waals surface area contributed by atoms with Crippen molar-refractivity contribution in [1.29, 1.82) is 0 Å². The van der Waals surface area contributed by atoms with E-state index in [1.807, 2.05) is 24.3 Å². The van der Waals surface area contributed by atoms with Gasteiger partial charge < -0.3 is 9.47 Å². The van der Waals surface area contributed by atoms with E-state index in [0.29, 0.717) is 18.2 Å². The van der Waals surface area contributed by atoms with Crippen LogP contribution in [-0.2, 0) is 0 Å². The summed E-state index contributed by atoms with van der Waals surface area (Å²) < 4.78 is 11.6. The first kappa shape index (κ1) is 26.2. The van der Waals surface area contributed by atoms with E-state index in [1.165, 1.54) is 77.0 Å². The molecule has 1 aliphatic carbocycles. The Balaban J connectivity index is 1.27. The molecule has 186 valence electrons. The Labute approximate surface area is 207 Å². The number of allylic oxidation sites excluding steroid dienone is 1. The SMILES string of the molecule is CCCCC/C=C/COc1cnc(-c2ccc(OCCCCCCCC3CCCC3)cc2)nc1. The number of benzene rings is 1. The highest BCUT2D eigenvalue weighted by Crippen LogP contribution is 2.29. The predicted octanol–water partition coefficient (Wildman–Crippen LogP) is 8.57. The molecule has 34 heavy (non-hydrogen) atoms. The van der Waals surface area contributed by atoms with Gasteiger partial charge in [-0.25, -0.2) is 9.97 Å². The van der Waals surface area contributed by atoms with Crippen molar-refractivity contribution in [2.75, 3.05) is 13.2 Å². The lowest BCUT2D eigenvalue weighted by molar-refractivity contribution is 0.304. The summed E-state index contributed by atoms with van der Waals surface area (Å²) in [4.78, 5) is 8.91. The van der Waals surface area contributed by atoms with Gasteiger partial charge in [0.1, 0.15) is 12.4 Å². The minimum Gasteiger partial charge on any atom is -0.494 e. The maximum atomic E-state index is 5.92. The summed E-state index contributed by atoms with van der Waals surface area (Å²) in [5.74, 6) is 3.35. The second kappa shape index (κ2) is 16.3. The topological polar surface area (TPSA) is 44.2 Å². The molecule has 1 aromatic carbocycles. The van der Waals surface area contributed by atoms with Crippen LogP contribution in [0.2, 0.25) is 0 Å². The third kappa shape index (κ3) is 10.3. The zero-order chi connectivity index (χ0) is 23.7. The summed E-state index contributed by atoms with van der Waals surface area (Å²) in [6.07, 6.45) is 26.5. The van der Waals surface area contributed by atoms with E-state index in [4.69, 9.17) is 9.47 Å². The quantitative estimate of drug-likeness (QED) is 0.174. The van der Waals surface area contributed by atoms with Crippen LogP contribution in [0.3, 0.4) is 0 Å². The van der Waals surface area contributed by atoms with Crippen LogP contribution in [0.5, 0.6) is 11.5 Å². The molecule has 0 amide bonds. The van der Waals surface area contributed by atoms with Crippen molar-refractivity contribution in [2.24, 2.45) is 5.92 Å². The Morgan fingerprint density at radius 1 is 0.794 bits per heavy atom. The van der Waals surface area contributed by atoms with Gasteiger partial charge in [0.25, 0.3) is 0 Å². The zero-order valence-corrected chi connectivity index (χ0v) is 21.2. The molecule has 0 saturated heterocycles. The average molecular weight is 465 g/mol. The highest BCUT2D eigenvalue weighted by molar-refractivity contribution is 5.56. The summed E-state index contributed by atoms with van der Waals surface area (Å²) in [6.45, 7) is 3.57. The minimum absolute atomic E-state index is 0.557. The van der Waals surface area contributed by atoms with E-state index in [1.54, 1.807) is 12.4 Å². The van der Waals surface area contributed by atoms with Gasteiger partial charge in [-0.15, -0.1) is 0 Å². The molecule has 1 fully saturated rings. The first-order chi connectivity index (χ1) is 16.8. The van der Waals surface area contributed by atoms with Gasteiger partial charge in [0.2, 0.25) is 0 Å². The summed E-state index contributed by atoms with van der Waals surface area (Å²) in [7, 11) is 0. The highest BCUT2D eigenvalue weighted by atomic mass is 16.5. The largest absolute Gasteiger partial charge is 0.494 e. The number of hydrogen-bond acceptors (Lipinski definition) is 4. The molecule has 1 saturated carbocycles. The Hall–Kier alpha value is -2.36. The normalized spacial score (nSPS) is 14.1. The average Bonchev–Trinajstić information content (AvgIpc) is 3.39. The molecule has 2 aromatic rings. The lowest BCUT2D eigenvalue weighted by Gasteiger charge is -2.09. The van der Waals surface area contributed by atoms with E-state index in [2.05, 4.69) is 29.0 Å². The van der Waals surface area contributed by atoms with Gasteiger partial charge >= 0.3 is 0 Å². The van der Waals surface area contributed by atoms with Crippen LogP contribution in [0.4, 0.5) is 0 Å². The van der Waals surface area contributed by atoms with E-state index >= 15 is 0 Å². The number of rotatable bonds is 17. The predicted molar refractivity (Wildman–Crippen MR) is 141 cm³/mol. The number of unbranched alkanes of at least 4 members (excludes halogenated alkanes) is 7. The molecule has 3 rings (SSSR count). The van der Waals surface area contributed by atoms with Crippen LogP contribution in [0.15, 0.2) is 48.8 Å². The summed E-state index contributed by atoms with van der Waals surface area (Å²) >= 11 is 0. The maximum absolute atomic E-state index is 5.92. The summed E-state index contributed by atoms with van der Waals surface area (Å²) in [5.41, 5.74) is 0.983. The monoisotopic (exact) mass is 464 g/mol. The van der Waals surface area contributed by atoms with Crippen molar-refractivity contribution >= 4 is 0 Å². The number of nitrogens with zero attached hydrogens (tertiary/aromatic N) is 2. The second-order valence-electron chi connectivity index (χ2n) is 9.60. The van der Waals surface area contributed by atoms with Crippen LogP contribution in [0.25, 0.3) is 11.4 Å². The van der Waals surface area contributed by atoms with Crippen molar-refractivity contribution in [2.45, 2.75) is 96.8 Å². The van der Waals surface area contributed by atoms with Crippen molar-refractivity contribution in [1.82, 2.24) is 9.97 Å². The van der Waals surface area contributed by atoms with E-state index in [-0.39, 0.29) is 0 Å². The Kier molecular flexibility index (Phi) is 12.6. The molecule has 0 N–H and O–H groups in total. The third-order valence-corrected chi connectivity index (χ3v) is 6.73. The number of aromatic nitrogens is 2. The maximum Gasteiger partial charge on any atom is 0.159 e. The van der Waals surface area contributed by atoms with E-state index in [0.717, 1.165) is 36.7 Å². The zero-order valence-electron chi connectivity index (χ0n) is 21.2. The van der Waals surface area contributed by atoms with Gasteiger partial charge in [-0.1, -0.05) is 89.7 Å². The highest BCUT2D eigenvalue weighted by Gasteiger charge is 2.13. The smallest absolute Gasteiger partial charge is 0.159 e. The van der Waals surface area contributed by atoms with Gasteiger partial charge in [-0.2, -0.15) is 0 Å². The number of ether oxygens (including phenoxy) is 2. The molecule has 0 atom stereocenters. The van der Waals surface area contributed by atoms with Crippen LogP contribution in [0.1, 0.15) is 96.8 Å². The molecule has 0 bridgehead atoms. The number of hydrogen-bond donors (Lipinski definition) is 0. The first-order valence-electron chi connectivity index (χ1n) is 13.7. The van der Waals surface area contributed by atoms with Crippen LogP contribution < -0.4 is 9.47 Å². The summed E-state index contributed by atoms with van der Waals surface area (Å²) in [6, 6.07) is 8.06. The first-order valence-corrected chi connectivity index (χ1v) is 13.7. The fourth-order valence-electron chi connectivity index (χ4n) is 4.64.